The lowest BCUT2D eigenvalue weighted by molar-refractivity contribution is -0.120. The second-order valence-corrected chi connectivity index (χ2v) is 5.98. The molecule has 1 fully saturated rings. The van der Waals surface area contributed by atoms with Crippen molar-refractivity contribution < 1.29 is 18.4 Å². The molecule has 1 saturated carbocycles. The van der Waals surface area contributed by atoms with Crippen LogP contribution in [0, 0.1) is 11.7 Å². The second kappa shape index (κ2) is 7.29. The molecule has 0 spiro atoms. The summed E-state index contributed by atoms with van der Waals surface area (Å²) in [7, 11) is 0. The Hall–Kier alpha value is -2.63. The molecule has 2 aromatic rings. The van der Waals surface area contributed by atoms with Crippen molar-refractivity contribution in [3.8, 4) is 0 Å². The molecule has 3 rings (SSSR count). The van der Waals surface area contributed by atoms with Crippen LogP contribution in [0.4, 0.5) is 15.8 Å². The molecule has 2 N–H and O–H groups in total. The minimum absolute atomic E-state index is 0.0673. The van der Waals surface area contributed by atoms with Crippen molar-refractivity contribution in [1.29, 1.82) is 0 Å². The van der Waals surface area contributed by atoms with Crippen molar-refractivity contribution in [1.82, 2.24) is 0 Å². The number of furan rings is 1. The van der Waals surface area contributed by atoms with Crippen LogP contribution in [-0.2, 0) is 4.79 Å². The fourth-order valence-corrected chi connectivity index (χ4v) is 2.90. The number of benzene rings is 1. The Labute approximate surface area is 139 Å². The van der Waals surface area contributed by atoms with Crippen LogP contribution in [0.15, 0.2) is 41.2 Å². The molecule has 1 aliphatic rings. The third kappa shape index (κ3) is 3.82. The number of anilines is 2. The van der Waals surface area contributed by atoms with Crippen LogP contribution < -0.4 is 10.6 Å². The van der Waals surface area contributed by atoms with Crippen molar-refractivity contribution in [3.05, 3.63) is 48.2 Å². The molecule has 1 aliphatic carbocycles. The number of hydrogen-bond donors (Lipinski definition) is 2. The molecule has 126 valence electrons. The number of amides is 2. The minimum atomic E-state index is -0.527. The van der Waals surface area contributed by atoms with E-state index in [0.717, 1.165) is 32.1 Å². The van der Waals surface area contributed by atoms with Gasteiger partial charge in [-0.3, -0.25) is 9.59 Å². The first-order valence-electron chi connectivity index (χ1n) is 8.07. The van der Waals surface area contributed by atoms with Gasteiger partial charge in [0.1, 0.15) is 12.1 Å². The van der Waals surface area contributed by atoms with Crippen LogP contribution in [0.3, 0.4) is 0 Å². The zero-order valence-corrected chi connectivity index (χ0v) is 13.2. The molecule has 6 heteroatoms. The molecular formula is C18H19FN2O3. The van der Waals surface area contributed by atoms with E-state index >= 15 is 0 Å². The Morgan fingerprint density at radius 1 is 1.08 bits per heavy atom. The van der Waals surface area contributed by atoms with E-state index in [2.05, 4.69) is 10.6 Å². The molecule has 0 saturated heterocycles. The zero-order valence-electron chi connectivity index (χ0n) is 13.2. The fourth-order valence-electron chi connectivity index (χ4n) is 2.90. The lowest BCUT2D eigenvalue weighted by Gasteiger charge is -2.21. The van der Waals surface area contributed by atoms with Crippen LogP contribution in [0.25, 0.3) is 0 Å². The van der Waals surface area contributed by atoms with E-state index in [9.17, 15) is 14.0 Å². The van der Waals surface area contributed by atoms with Gasteiger partial charge in [-0.2, -0.15) is 0 Å². The van der Waals surface area contributed by atoms with Crippen molar-refractivity contribution in [2.75, 3.05) is 10.6 Å². The highest BCUT2D eigenvalue weighted by molar-refractivity contribution is 6.04. The number of rotatable bonds is 4. The van der Waals surface area contributed by atoms with Gasteiger partial charge in [0, 0.05) is 11.6 Å². The lowest BCUT2D eigenvalue weighted by atomic mass is 9.88. The number of carbonyl (C=O) groups excluding carboxylic acids is 2. The maximum absolute atomic E-state index is 14.0. The predicted octanol–water partition coefficient (Wildman–Crippen LogP) is 4.19. The Balaban J connectivity index is 1.69. The minimum Gasteiger partial charge on any atom is -0.472 e. The summed E-state index contributed by atoms with van der Waals surface area (Å²) in [6, 6.07) is 5.63. The first kappa shape index (κ1) is 16.2. The summed E-state index contributed by atoms with van der Waals surface area (Å²) in [5.41, 5.74) is 0.851. The lowest BCUT2D eigenvalue weighted by Crippen LogP contribution is -2.25. The van der Waals surface area contributed by atoms with E-state index in [1.54, 1.807) is 0 Å². The van der Waals surface area contributed by atoms with Gasteiger partial charge in [0.2, 0.25) is 5.91 Å². The summed E-state index contributed by atoms with van der Waals surface area (Å²) in [6.07, 6.45) is 7.60. The van der Waals surface area contributed by atoms with Gasteiger partial charge in [-0.15, -0.1) is 0 Å². The molecule has 24 heavy (non-hydrogen) atoms. The Morgan fingerprint density at radius 2 is 1.88 bits per heavy atom. The molecule has 1 heterocycles. The van der Waals surface area contributed by atoms with Gasteiger partial charge < -0.3 is 15.1 Å². The van der Waals surface area contributed by atoms with Crippen LogP contribution in [0.2, 0.25) is 0 Å². The van der Waals surface area contributed by atoms with Crippen molar-refractivity contribution >= 4 is 23.2 Å². The van der Waals surface area contributed by atoms with E-state index in [4.69, 9.17) is 4.42 Å². The van der Waals surface area contributed by atoms with Gasteiger partial charge in [-0.1, -0.05) is 19.3 Å². The number of halogens is 1. The van der Waals surface area contributed by atoms with Gasteiger partial charge in [0.05, 0.1) is 17.5 Å². The maximum atomic E-state index is 14.0. The average molecular weight is 330 g/mol. The van der Waals surface area contributed by atoms with E-state index < -0.39 is 5.82 Å². The zero-order chi connectivity index (χ0) is 16.9. The predicted molar refractivity (Wildman–Crippen MR) is 88.3 cm³/mol. The van der Waals surface area contributed by atoms with Crippen molar-refractivity contribution in [3.63, 3.8) is 0 Å². The third-order valence-electron chi connectivity index (χ3n) is 4.24. The van der Waals surface area contributed by atoms with E-state index in [1.807, 2.05) is 0 Å². The molecule has 0 unspecified atom stereocenters. The first-order chi connectivity index (χ1) is 11.6. The van der Waals surface area contributed by atoms with Crippen molar-refractivity contribution in [2.45, 2.75) is 32.1 Å². The van der Waals surface area contributed by atoms with Crippen LogP contribution in [-0.4, -0.2) is 11.8 Å². The molecule has 1 aromatic heterocycles. The normalized spacial score (nSPS) is 15.0. The number of carbonyl (C=O) groups is 2. The summed E-state index contributed by atoms with van der Waals surface area (Å²) in [4.78, 5) is 24.3. The van der Waals surface area contributed by atoms with Crippen LogP contribution in [0.1, 0.15) is 42.5 Å². The van der Waals surface area contributed by atoms with Crippen LogP contribution >= 0.6 is 0 Å². The summed E-state index contributed by atoms with van der Waals surface area (Å²) < 4.78 is 18.8. The van der Waals surface area contributed by atoms with Gasteiger partial charge in [0.25, 0.3) is 5.91 Å². The van der Waals surface area contributed by atoms with Gasteiger partial charge >= 0.3 is 0 Å². The molecule has 2 amide bonds. The Kier molecular flexibility index (Phi) is 4.93. The van der Waals surface area contributed by atoms with Gasteiger partial charge in [0.15, 0.2) is 0 Å². The molecule has 0 atom stereocenters. The first-order valence-corrected chi connectivity index (χ1v) is 8.07. The summed E-state index contributed by atoms with van der Waals surface area (Å²) >= 11 is 0. The summed E-state index contributed by atoms with van der Waals surface area (Å²) in [6.45, 7) is 0. The molecule has 1 aromatic carbocycles. The van der Waals surface area contributed by atoms with E-state index in [1.165, 1.54) is 36.8 Å². The number of hydrogen-bond acceptors (Lipinski definition) is 3. The summed E-state index contributed by atoms with van der Waals surface area (Å²) in [5.74, 6) is -1.12. The standard InChI is InChI=1S/C18H19FN2O3/c19-15-7-6-14(20-18(23)13-8-9-24-11-13)10-16(15)21-17(22)12-4-2-1-3-5-12/h6-12H,1-5H2,(H,20,23)(H,21,22). The highest BCUT2D eigenvalue weighted by atomic mass is 19.1. The smallest absolute Gasteiger partial charge is 0.258 e. The fraction of sp³-hybridized carbons (Fsp3) is 0.333. The topological polar surface area (TPSA) is 71.3 Å². The maximum Gasteiger partial charge on any atom is 0.258 e. The quantitative estimate of drug-likeness (QED) is 0.883. The molecule has 5 nitrogen and oxygen atoms in total. The Bertz CT molecular complexity index is 722. The number of nitrogens with one attached hydrogen (secondary N) is 2. The molecule has 0 radical (unpaired) electrons. The van der Waals surface area contributed by atoms with Gasteiger partial charge in [-0.25, -0.2) is 4.39 Å². The second-order valence-electron chi connectivity index (χ2n) is 5.98. The largest absolute Gasteiger partial charge is 0.472 e. The average Bonchev–Trinajstić information content (AvgIpc) is 3.13. The highest BCUT2D eigenvalue weighted by Gasteiger charge is 2.22. The monoisotopic (exact) mass is 330 g/mol. The van der Waals surface area contributed by atoms with E-state index in [0.29, 0.717) is 11.3 Å². The highest BCUT2D eigenvalue weighted by Crippen LogP contribution is 2.26. The van der Waals surface area contributed by atoms with Crippen molar-refractivity contribution in [2.24, 2.45) is 5.92 Å². The SMILES string of the molecule is O=C(Nc1ccc(F)c(NC(=O)C2CCCCC2)c1)c1ccoc1. The Morgan fingerprint density at radius 3 is 2.58 bits per heavy atom. The molecule has 0 aliphatic heterocycles. The molecular weight excluding hydrogens is 311 g/mol. The van der Waals surface area contributed by atoms with Crippen LogP contribution in [0.5, 0.6) is 0 Å². The van der Waals surface area contributed by atoms with E-state index in [-0.39, 0.29) is 23.4 Å². The summed E-state index contributed by atoms with van der Waals surface area (Å²) in [5, 5.41) is 5.29. The molecule has 0 bridgehead atoms. The van der Waals surface area contributed by atoms with Gasteiger partial charge in [-0.05, 0) is 37.1 Å². The third-order valence-corrected chi connectivity index (χ3v) is 4.24.